The number of hydrogen-bond acceptors (Lipinski definition) is 6. The van der Waals surface area contributed by atoms with Crippen LogP contribution in [0.25, 0.3) is 0 Å². The summed E-state index contributed by atoms with van der Waals surface area (Å²) in [5.74, 6) is -3.97. The molecule has 5 rings (SSSR count). The molecule has 1 spiro atoms. The van der Waals surface area contributed by atoms with Crippen molar-refractivity contribution < 1.29 is 28.3 Å². The molecule has 176 valence electrons. The molecule has 0 saturated carbocycles. The maximum absolute atomic E-state index is 14.2. The fourth-order valence-corrected chi connectivity index (χ4v) is 5.45. The predicted octanol–water partition coefficient (Wildman–Crippen LogP) is 1.02. The fraction of sp³-hybridized carbons (Fsp3) is 0.333. The van der Waals surface area contributed by atoms with Crippen LogP contribution in [0.1, 0.15) is 24.0 Å². The maximum Gasteiger partial charge on any atom is 0.250 e. The first-order valence-electron chi connectivity index (χ1n) is 10.9. The number of methoxy groups -OCH3 is 1. The van der Waals surface area contributed by atoms with E-state index in [0.717, 1.165) is 4.90 Å². The van der Waals surface area contributed by atoms with Crippen LogP contribution in [0.4, 0.5) is 10.1 Å². The maximum atomic E-state index is 14.2. The van der Waals surface area contributed by atoms with Crippen LogP contribution in [0.3, 0.4) is 0 Å². The number of carbonyl (C=O) groups excluding carboxylic acids is 4. The van der Waals surface area contributed by atoms with Crippen LogP contribution in [0.15, 0.2) is 42.5 Å². The molecule has 4 atom stereocenters. The molecular weight excluding hydrogens is 443 g/mol. The zero-order valence-corrected chi connectivity index (χ0v) is 18.3. The lowest BCUT2D eigenvalue weighted by atomic mass is 9.76. The van der Waals surface area contributed by atoms with Crippen LogP contribution in [0.5, 0.6) is 5.75 Å². The van der Waals surface area contributed by atoms with Crippen molar-refractivity contribution in [2.24, 2.45) is 17.6 Å². The first-order valence-corrected chi connectivity index (χ1v) is 10.9. The third kappa shape index (κ3) is 3.17. The Bertz CT molecular complexity index is 1220. The van der Waals surface area contributed by atoms with Gasteiger partial charge in [0, 0.05) is 23.7 Å². The van der Waals surface area contributed by atoms with Gasteiger partial charge in [-0.15, -0.1) is 0 Å². The molecule has 0 bridgehead atoms. The third-order valence-corrected chi connectivity index (χ3v) is 6.97. The quantitative estimate of drug-likeness (QED) is 0.545. The number of amides is 4. The number of ether oxygens (including phenoxy) is 1. The number of primary amides is 1. The van der Waals surface area contributed by atoms with Gasteiger partial charge in [0.05, 0.1) is 25.5 Å². The van der Waals surface area contributed by atoms with Gasteiger partial charge in [0.1, 0.15) is 17.1 Å². The number of likely N-dealkylation sites (tertiary alicyclic amines) is 1. The highest BCUT2D eigenvalue weighted by Gasteiger charge is 2.70. The van der Waals surface area contributed by atoms with E-state index in [4.69, 9.17) is 10.5 Å². The number of imide groups is 1. The molecule has 0 aromatic heterocycles. The number of carbonyl (C=O) groups is 4. The Hall–Kier alpha value is -3.79. The van der Waals surface area contributed by atoms with Crippen molar-refractivity contribution in [3.63, 3.8) is 0 Å². The summed E-state index contributed by atoms with van der Waals surface area (Å²) in [4.78, 5) is 53.1. The molecule has 2 aromatic carbocycles. The molecule has 9 nitrogen and oxygen atoms in total. The van der Waals surface area contributed by atoms with E-state index in [-0.39, 0.29) is 24.9 Å². The van der Waals surface area contributed by atoms with Crippen molar-refractivity contribution in [3.8, 4) is 5.75 Å². The zero-order valence-electron chi connectivity index (χ0n) is 18.3. The van der Waals surface area contributed by atoms with E-state index in [1.807, 2.05) is 0 Å². The third-order valence-electron chi connectivity index (χ3n) is 6.97. The average Bonchev–Trinajstić information content (AvgIpc) is 3.39. The van der Waals surface area contributed by atoms with E-state index in [1.54, 1.807) is 24.3 Å². The van der Waals surface area contributed by atoms with Gasteiger partial charge in [-0.25, -0.2) is 4.39 Å². The number of nitrogens with one attached hydrogen (secondary N) is 2. The average molecular weight is 466 g/mol. The van der Waals surface area contributed by atoms with Crippen molar-refractivity contribution >= 4 is 29.3 Å². The summed E-state index contributed by atoms with van der Waals surface area (Å²) in [6.45, 7) is 0.0188. The normalized spacial score (nSPS) is 27.2. The predicted molar refractivity (Wildman–Crippen MR) is 118 cm³/mol. The lowest BCUT2D eigenvalue weighted by Crippen LogP contribution is -2.53. The second kappa shape index (κ2) is 7.91. The monoisotopic (exact) mass is 466 g/mol. The molecule has 0 radical (unpaired) electrons. The molecule has 2 aromatic rings. The van der Waals surface area contributed by atoms with Crippen LogP contribution in [-0.4, -0.2) is 41.7 Å². The number of halogens is 1. The van der Waals surface area contributed by atoms with Crippen molar-refractivity contribution in [2.75, 3.05) is 12.4 Å². The van der Waals surface area contributed by atoms with Crippen molar-refractivity contribution in [2.45, 2.75) is 31.0 Å². The first kappa shape index (κ1) is 22.0. The SMILES string of the molecule is COc1ccc(CN2C(=O)[C@H]3[C@@H](C2=O)[C@@]2(N[C@@H]3CCC(N)=O)C(=O)Nc3ccc(F)cc32)cc1. The number of nitrogens with zero attached hydrogens (tertiary/aromatic N) is 1. The van der Waals surface area contributed by atoms with Gasteiger partial charge in [0.2, 0.25) is 23.6 Å². The molecule has 34 heavy (non-hydrogen) atoms. The molecule has 0 unspecified atom stereocenters. The van der Waals surface area contributed by atoms with Gasteiger partial charge in [0.15, 0.2) is 0 Å². The number of hydrogen-bond donors (Lipinski definition) is 3. The molecule has 4 amide bonds. The molecule has 3 heterocycles. The molecule has 0 aliphatic carbocycles. The molecule has 3 aliphatic heterocycles. The van der Waals surface area contributed by atoms with Crippen molar-refractivity contribution in [1.29, 1.82) is 0 Å². The van der Waals surface area contributed by atoms with E-state index in [9.17, 15) is 23.6 Å². The van der Waals surface area contributed by atoms with Gasteiger partial charge < -0.3 is 15.8 Å². The van der Waals surface area contributed by atoms with Crippen LogP contribution < -0.4 is 21.1 Å². The van der Waals surface area contributed by atoms with Crippen LogP contribution in [0, 0.1) is 17.7 Å². The standard InChI is InChI=1S/C24H23FN4O5/c1-34-14-5-2-12(3-6-14)11-29-21(31)19-17(8-9-18(26)30)28-24(20(19)22(29)32)15-10-13(25)4-7-16(15)27-23(24)33/h2-7,10,17,19-20,28H,8-9,11H2,1H3,(H2,26,30)(H,27,33)/t17-,19-,20+,24-/m1/s1. The molecule has 2 fully saturated rings. The Kier molecular flexibility index (Phi) is 5.12. The van der Waals surface area contributed by atoms with E-state index in [1.165, 1.54) is 25.3 Å². The van der Waals surface area contributed by atoms with E-state index < -0.39 is 52.9 Å². The highest BCUT2D eigenvalue weighted by molar-refractivity contribution is 6.15. The Morgan fingerprint density at radius 2 is 1.88 bits per heavy atom. The molecule has 3 aliphatic rings. The largest absolute Gasteiger partial charge is 0.497 e. The van der Waals surface area contributed by atoms with Gasteiger partial charge in [0.25, 0.3) is 0 Å². The smallest absolute Gasteiger partial charge is 0.250 e. The topological polar surface area (TPSA) is 131 Å². The van der Waals surface area contributed by atoms with E-state index >= 15 is 0 Å². The molecule has 4 N–H and O–H groups in total. The number of benzene rings is 2. The number of rotatable bonds is 6. The number of fused-ring (bicyclic) bond motifs is 4. The first-order chi connectivity index (χ1) is 16.3. The lowest BCUT2D eigenvalue weighted by molar-refractivity contribution is -0.143. The Labute approximate surface area is 194 Å². The minimum absolute atomic E-state index is 0.0188. The summed E-state index contributed by atoms with van der Waals surface area (Å²) in [5.41, 5.74) is 5.07. The minimum atomic E-state index is -1.62. The number of anilines is 1. The van der Waals surface area contributed by atoms with Gasteiger partial charge in [-0.2, -0.15) is 0 Å². The minimum Gasteiger partial charge on any atom is -0.497 e. The Morgan fingerprint density at radius 3 is 2.56 bits per heavy atom. The van der Waals surface area contributed by atoms with Crippen LogP contribution in [0.2, 0.25) is 0 Å². The number of nitrogens with two attached hydrogens (primary N) is 1. The molecule has 10 heteroatoms. The Balaban J connectivity index is 1.56. The van der Waals surface area contributed by atoms with Gasteiger partial charge in [-0.05, 0) is 42.3 Å². The molecular formula is C24H23FN4O5. The summed E-state index contributed by atoms with van der Waals surface area (Å²) in [7, 11) is 1.54. The lowest BCUT2D eigenvalue weighted by Gasteiger charge is -2.29. The second-order valence-corrected chi connectivity index (χ2v) is 8.82. The Morgan fingerprint density at radius 1 is 1.15 bits per heavy atom. The van der Waals surface area contributed by atoms with E-state index in [0.29, 0.717) is 17.0 Å². The highest BCUT2D eigenvalue weighted by Crippen LogP contribution is 2.53. The second-order valence-electron chi connectivity index (χ2n) is 8.82. The summed E-state index contributed by atoms with van der Waals surface area (Å²) in [6.07, 6.45) is 0.125. The summed E-state index contributed by atoms with van der Waals surface area (Å²) in [6, 6.07) is 10.1. The van der Waals surface area contributed by atoms with Crippen molar-refractivity contribution in [3.05, 3.63) is 59.4 Å². The molecule has 2 saturated heterocycles. The summed E-state index contributed by atoms with van der Waals surface area (Å²) < 4.78 is 19.4. The van der Waals surface area contributed by atoms with Crippen molar-refractivity contribution in [1.82, 2.24) is 10.2 Å². The van der Waals surface area contributed by atoms with Crippen LogP contribution in [-0.2, 0) is 31.3 Å². The van der Waals surface area contributed by atoms with E-state index in [2.05, 4.69) is 10.6 Å². The van der Waals surface area contributed by atoms with Gasteiger partial charge in [-0.1, -0.05) is 12.1 Å². The van der Waals surface area contributed by atoms with Crippen LogP contribution >= 0.6 is 0 Å². The summed E-state index contributed by atoms with van der Waals surface area (Å²) in [5, 5.41) is 5.86. The fourth-order valence-electron chi connectivity index (χ4n) is 5.45. The zero-order chi connectivity index (χ0) is 24.2. The highest BCUT2D eigenvalue weighted by atomic mass is 19.1. The summed E-state index contributed by atoms with van der Waals surface area (Å²) >= 11 is 0. The van der Waals surface area contributed by atoms with Gasteiger partial charge in [-0.3, -0.25) is 29.4 Å². The van der Waals surface area contributed by atoms with Gasteiger partial charge >= 0.3 is 0 Å².